The normalized spacial score (nSPS) is 31.3. The molecule has 0 aromatic carbocycles. The van der Waals surface area contributed by atoms with E-state index in [9.17, 15) is 9.59 Å². The van der Waals surface area contributed by atoms with Gasteiger partial charge in [-0.3, -0.25) is 9.59 Å². The molecule has 5 nitrogen and oxygen atoms in total. The summed E-state index contributed by atoms with van der Waals surface area (Å²) in [5, 5.41) is 13.6. The summed E-state index contributed by atoms with van der Waals surface area (Å²) in [5.74, 6) is -0.111. The molecule has 2 fully saturated rings. The molecule has 1 amide bonds. The van der Waals surface area contributed by atoms with Crippen molar-refractivity contribution in [3.05, 3.63) is 0 Å². The van der Waals surface area contributed by atoms with Crippen molar-refractivity contribution < 1.29 is 14.3 Å². The molecule has 0 spiro atoms. The molecule has 2 aliphatic rings. The summed E-state index contributed by atoms with van der Waals surface area (Å²) in [6.45, 7) is 4.08. The van der Waals surface area contributed by atoms with Gasteiger partial charge < -0.3 is 10.1 Å². The van der Waals surface area contributed by atoms with Gasteiger partial charge in [-0.2, -0.15) is 5.26 Å². The summed E-state index contributed by atoms with van der Waals surface area (Å²) in [4.78, 5) is 24.6. The van der Waals surface area contributed by atoms with E-state index in [1.165, 1.54) is 18.2 Å². The van der Waals surface area contributed by atoms with Crippen LogP contribution in [0.25, 0.3) is 0 Å². The van der Waals surface area contributed by atoms with E-state index in [0.29, 0.717) is 6.61 Å². The van der Waals surface area contributed by atoms with E-state index in [4.69, 9.17) is 10.00 Å². The van der Waals surface area contributed by atoms with Gasteiger partial charge in [0, 0.05) is 5.92 Å². The molecule has 1 heterocycles. The molecule has 1 aliphatic heterocycles. The van der Waals surface area contributed by atoms with Crippen LogP contribution in [0.2, 0.25) is 0 Å². The molecule has 1 N–H and O–H groups in total. The average molecular weight is 357 g/mol. The van der Waals surface area contributed by atoms with E-state index in [0.717, 1.165) is 37.4 Å². The lowest BCUT2D eigenvalue weighted by Gasteiger charge is -2.25. The predicted molar refractivity (Wildman–Crippen MR) is 92.7 cm³/mol. The topological polar surface area (TPSA) is 79.2 Å². The molecular weight excluding hydrogens is 332 g/mol. The van der Waals surface area contributed by atoms with Crippen molar-refractivity contribution in [2.45, 2.75) is 61.8 Å². The number of nitriles is 1. The molecule has 7 heteroatoms. The van der Waals surface area contributed by atoms with Crippen LogP contribution in [0.15, 0.2) is 0 Å². The highest BCUT2D eigenvalue weighted by molar-refractivity contribution is 8.07. The number of carbonyl (C=O) groups excluding carboxylic acids is 2. The van der Waals surface area contributed by atoms with E-state index in [-0.39, 0.29) is 39.6 Å². The lowest BCUT2D eigenvalue weighted by Crippen LogP contribution is -2.42. The Morgan fingerprint density at radius 2 is 2.04 bits per heavy atom. The first-order chi connectivity index (χ1) is 11.1. The van der Waals surface area contributed by atoms with Gasteiger partial charge in [0.05, 0.1) is 17.2 Å². The molecule has 1 aliphatic carbocycles. The first-order valence-electron chi connectivity index (χ1n) is 8.25. The maximum atomic E-state index is 12.5. The number of hydrogen-bond acceptors (Lipinski definition) is 6. The van der Waals surface area contributed by atoms with Crippen molar-refractivity contribution in [1.82, 2.24) is 5.32 Å². The minimum atomic E-state index is -0.322. The summed E-state index contributed by atoms with van der Waals surface area (Å²) >= 11 is 2.57. The molecule has 0 aromatic heterocycles. The fourth-order valence-corrected chi connectivity index (χ4v) is 5.91. The number of thiocyanates is 1. The molecule has 0 radical (unpaired) electrons. The van der Waals surface area contributed by atoms with Crippen molar-refractivity contribution in [3.8, 4) is 5.40 Å². The molecule has 0 aromatic rings. The van der Waals surface area contributed by atoms with Gasteiger partial charge in [0.25, 0.3) is 0 Å². The highest BCUT2D eigenvalue weighted by Gasteiger charge is 2.47. The fraction of sp³-hybridized carbons (Fsp3) is 0.812. The van der Waals surface area contributed by atoms with Crippen LogP contribution in [-0.4, -0.2) is 34.4 Å². The monoisotopic (exact) mass is 356 g/mol. The number of nitrogens with one attached hydrogen (secondary N) is 1. The lowest BCUT2D eigenvalue weighted by molar-refractivity contribution is -0.143. The Labute approximate surface area is 146 Å². The molecule has 1 saturated heterocycles. The van der Waals surface area contributed by atoms with Crippen LogP contribution >= 0.6 is 23.5 Å². The van der Waals surface area contributed by atoms with Crippen LogP contribution in [-0.2, 0) is 14.3 Å². The predicted octanol–water partition coefficient (Wildman–Crippen LogP) is 2.91. The number of hydrogen-bond donors (Lipinski definition) is 1. The Kier molecular flexibility index (Phi) is 7.09. The zero-order valence-corrected chi connectivity index (χ0v) is 15.3. The van der Waals surface area contributed by atoms with Gasteiger partial charge in [-0.05, 0) is 37.4 Å². The fourth-order valence-electron chi connectivity index (χ4n) is 3.27. The number of esters is 1. The number of amides is 1. The van der Waals surface area contributed by atoms with Gasteiger partial charge in [-0.15, -0.1) is 11.8 Å². The van der Waals surface area contributed by atoms with Crippen molar-refractivity contribution in [2.75, 3.05) is 6.61 Å². The SMILES string of the molecule is CCOC(=O)C1SC(NC(=O)C2CCCCC2)C(SC#N)C1C. The Morgan fingerprint density at radius 1 is 1.35 bits per heavy atom. The summed E-state index contributed by atoms with van der Waals surface area (Å²) < 4.78 is 5.13. The number of carbonyl (C=O) groups is 2. The Balaban J connectivity index is 2.01. The number of ether oxygens (including phenoxy) is 1. The van der Waals surface area contributed by atoms with Crippen molar-refractivity contribution >= 4 is 35.4 Å². The smallest absolute Gasteiger partial charge is 0.319 e. The summed E-state index contributed by atoms with van der Waals surface area (Å²) in [7, 11) is 0. The third-order valence-corrected chi connectivity index (χ3v) is 7.43. The second-order valence-electron chi connectivity index (χ2n) is 6.11. The number of thioether (sulfide) groups is 2. The second kappa shape index (κ2) is 8.84. The lowest BCUT2D eigenvalue weighted by atomic mass is 9.88. The Morgan fingerprint density at radius 3 is 2.65 bits per heavy atom. The van der Waals surface area contributed by atoms with E-state index >= 15 is 0 Å². The van der Waals surface area contributed by atoms with Gasteiger partial charge in [0.2, 0.25) is 5.91 Å². The molecular formula is C16H24N2O3S2. The first-order valence-corrected chi connectivity index (χ1v) is 10.1. The van der Waals surface area contributed by atoms with E-state index in [2.05, 4.69) is 10.7 Å². The van der Waals surface area contributed by atoms with Crippen molar-refractivity contribution in [1.29, 1.82) is 5.26 Å². The highest BCUT2D eigenvalue weighted by Crippen LogP contribution is 2.44. The van der Waals surface area contributed by atoms with Crippen molar-refractivity contribution in [3.63, 3.8) is 0 Å². The van der Waals surface area contributed by atoms with Crippen LogP contribution in [0.3, 0.4) is 0 Å². The van der Waals surface area contributed by atoms with E-state index in [1.54, 1.807) is 6.92 Å². The molecule has 23 heavy (non-hydrogen) atoms. The van der Waals surface area contributed by atoms with Crippen LogP contribution in [0.4, 0.5) is 0 Å². The largest absolute Gasteiger partial charge is 0.465 e. The Bertz CT molecular complexity index is 474. The van der Waals surface area contributed by atoms with Crippen LogP contribution in [0.1, 0.15) is 46.0 Å². The third kappa shape index (κ3) is 4.57. The highest BCUT2D eigenvalue weighted by atomic mass is 32.2. The number of nitrogens with zero attached hydrogens (tertiary/aromatic N) is 1. The second-order valence-corrected chi connectivity index (χ2v) is 8.36. The molecule has 0 bridgehead atoms. The summed E-state index contributed by atoms with van der Waals surface area (Å²) in [5.41, 5.74) is 0. The Hall–Kier alpha value is -0.870. The van der Waals surface area contributed by atoms with E-state index in [1.807, 2.05) is 6.92 Å². The molecule has 1 saturated carbocycles. The number of rotatable bonds is 5. The van der Waals surface area contributed by atoms with E-state index < -0.39 is 0 Å². The first kappa shape index (κ1) is 18.5. The summed E-state index contributed by atoms with van der Waals surface area (Å²) in [6, 6.07) is 0. The van der Waals surface area contributed by atoms with Crippen LogP contribution in [0, 0.1) is 22.5 Å². The molecule has 4 atom stereocenters. The van der Waals surface area contributed by atoms with Gasteiger partial charge in [-0.1, -0.05) is 26.2 Å². The van der Waals surface area contributed by atoms with Crippen LogP contribution < -0.4 is 5.32 Å². The van der Waals surface area contributed by atoms with Gasteiger partial charge >= 0.3 is 5.97 Å². The molecule has 128 valence electrons. The van der Waals surface area contributed by atoms with Gasteiger partial charge in [0.1, 0.15) is 10.7 Å². The minimum Gasteiger partial charge on any atom is -0.465 e. The standard InChI is InChI=1S/C16H24N2O3S2/c1-3-21-16(20)13-10(2)12(22-9-17)15(23-13)18-14(19)11-7-5-4-6-8-11/h10-13,15H,3-8H2,1-2H3,(H,18,19). The average Bonchev–Trinajstić information content (AvgIpc) is 2.86. The van der Waals surface area contributed by atoms with Crippen LogP contribution in [0.5, 0.6) is 0 Å². The maximum absolute atomic E-state index is 12.5. The minimum absolute atomic E-state index is 0.0136. The third-order valence-electron chi connectivity index (χ3n) is 4.56. The molecule has 4 unspecified atom stereocenters. The molecule has 2 rings (SSSR count). The zero-order valence-electron chi connectivity index (χ0n) is 13.6. The summed E-state index contributed by atoms with van der Waals surface area (Å²) in [6.07, 6.45) is 5.30. The quantitative estimate of drug-likeness (QED) is 0.603. The maximum Gasteiger partial charge on any atom is 0.319 e. The zero-order chi connectivity index (χ0) is 16.8. The van der Waals surface area contributed by atoms with Gasteiger partial charge in [0.15, 0.2) is 0 Å². The van der Waals surface area contributed by atoms with Gasteiger partial charge in [-0.25, -0.2) is 0 Å². The van der Waals surface area contributed by atoms with Crippen molar-refractivity contribution in [2.24, 2.45) is 11.8 Å².